The first-order valence-corrected chi connectivity index (χ1v) is 8.49. The van der Waals surface area contributed by atoms with Crippen LogP contribution in [0.15, 0.2) is 54.6 Å². The Labute approximate surface area is 154 Å². The number of hydrogen-bond donors (Lipinski definition) is 2. The van der Waals surface area contributed by atoms with E-state index >= 15 is 0 Å². The largest absolute Gasteiger partial charge is 0.383 e. The van der Waals surface area contributed by atoms with Crippen LogP contribution in [0, 0.1) is 0 Å². The van der Waals surface area contributed by atoms with Gasteiger partial charge in [0, 0.05) is 38.5 Å². The van der Waals surface area contributed by atoms with Crippen molar-refractivity contribution >= 4 is 17.5 Å². The molecule has 2 amide bonds. The molecule has 2 rings (SSSR count). The average Bonchev–Trinajstić information content (AvgIpc) is 2.67. The van der Waals surface area contributed by atoms with E-state index in [2.05, 4.69) is 10.6 Å². The molecule has 6 heteroatoms. The van der Waals surface area contributed by atoms with Crippen LogP contribution in [0.2, 0.25) is 0 Å². The van der Waals surface area contributed by atoms with Gasteiger partial charge in [-0.2, -0.15) is 0 Å². The zero-order valence-electron chi connectivity index (χ0n) is 15.2. The molecule has 2 aromatic carbocycles. The minimum atomic E-state index is -0.125. The van der Waals surface area contributed by atoms with Gasteiger partial charge >= 0.3 is 0 Å². The standard InChI is InChI=1S/C20H25N3O3/c1-23(15-16-7-4-3-5-8-16)20(25)17-9-6-10-18(13-17)22-14-19(24)21-11-12-26-2/h3-10,13,22H,11-12,14-15H2,1-2H3,(H,21,24). The third-order valence-corrected chi connectivity index (χ3v) is 3.80. The maximum atomic E-state index is 12.6. The molecule has 0 spiro atoms. The first-order valence-electron chi connectivity index (χ1n) is 8.49. The van der Waals surface area contributed by atoms with Crippen LogP contribution in [-0.4, -0.2) is 50.6 Å². The quantitative estimate of drug-likeness (QED) is 0.676. The van der Waals surface area contributed by atoms with Gasteiger partial charge in [-0.1, -0.05) is 36.4 Å². The van der Waals surface area contributed by atoms with Crippen molar-refractivity contribution in [1.82, 2.24) is 10.2 Å². The van der Waals surface area contributed by atoms with Crippen molar-refractivity contribution in [2.45, 2.75) is 6.54 Å². The van der Waals surface area contributed by atoms with Crippen molar-refractivity contribution < 1.29 is 14.3 Å². The number of carbonyl (C=O) groups excluding carboxylic acids is 2. The molecule has 6 nitrogen and oxygen atoms in total. The number of carbonyl (C=O) groups is 2. The lowest BCUT2D eigenvalue weighted by Gasteiger charge is -2.18. The van der Waals surface area contributed by atoms with E-state index in [0.717, 1.165) is 11.3 Å². The summed E-state index contributed by atoms with van der Waals surface area (Å²) >= 11 is 0. The van der Waals surface area contributed by atoms with Gasteiger partial charge in [0.25, 0.3) is 5.91 Å². The fraction of sp³-hybridized carbons (Fsp3) is 0.300. The van der Waals surface area contributed by atoms with Gasteiger partial charge in [0.2, 0.25) is 5.91 Å². The van der Waals surface area contributed by atoms with Crippen LogP contribution in [0.3, 0.4) is 0 Å². The molecule has 0 aliphatic heterocycles. The Balaban J connectivity index is 1.90. The molecule has 0 saturated heterocycles. The summed E-state index contributed by atoms with van der Waals surface area (Å²) in [5.74, 6) is -0.193. The van der Waals surface area contributed by atoms with E-state index in [0.29, 0.717) is 25.3 Å². The number of benzene rings is 2. The lowest BCUT2D eigenvalue weighted by Crippen LogP contribution is -2.32. The van der Waals surface area contributed by atoms with E-state index in [1.165, 1.54) is 0 Å². The lowest BCUT2D eigenvalue weighted by atomic mass is 10.1. The predicted molar refractivity (Wildman–Crippen MR) is 102 cm³/mol. The van der Waals surface area contributed by atoms with Gasteiger partial charge in [-0.25, -0.2) is 0 Å². The molecule has 0 radical (unpaired) electrons. The van der Waals surface area contributed by atoms with E-state index in [-0.39, 0.29) is 18.4 Å². The molecule has 138 valence electrons. The molecule has 0 fully saturated rings. The third-order valence-electron chi connectivity index (χ3n) is 3.80. The van der Waals surface area contributed by atoms with Crippen molar-refractivity contribution in [1.29, 1.82) is 0 Å². The highest BCUT2D eigenvalue weighted by atomic mass is 16.5. The Hall–Kier alpha value is -2.86. The molecule has 2 N–H and O–H groups in total. The fourth-order valence-corrected chi connectivity index (χ4v) is 2.45. The lowest BCUT2D eigenvalue weighted by molar-refractivity contribution is -0.119. The van der Waals surface area contributed by atoms with Gasteiger partial charge in [0.1, 0.15) is 0 Å². The molecule has 0 atom stereocenters. The summed E-state index contributed by atoms with van der Waals surface area (Å²) in [7, 11) is 3.36. The summed E-state index contributed by atoms with van der Waals surface area (Å²) in [6.07, 6.45) is 0. The van der Waals surface area contributed by atoms with Crippen LogP contribution in [-0.2, 0) is 16.1 Å². The fourth-order valence-electron chi connectivity index (χ4n) is 2.45. The zero-order chi connectivity index (χ0) is 18.8. The van der Waals surface area contributed by atoms with E-state index in [1.807, 2.05) is 36.4 Å². The molecule has 0 aliphatic rings. The molecule has 0 bridgehead atoms. The number of nitrogens with zero attached hydrogens (tertiary/aromatic N) is 1. The summed E-state index contributed by atoms with van der Waals surface area (Å²) in [5, 5.41) is 5.77. The summed E-state index contributed by atoms with van der Waals surface area (Å²) < 4.78 is 4.88. The van der Waals surface area contributed by atoms with Crippen molar-refractivity contribution in [2.75, 3.05) is 39.2 Å². The van der Waals surface area contributed by atoms with Crippen molar-refractivity contribution in [2.24, 2.45) is 0 Å². The first-order chi connectivity index (χ1) is 12.6. The number of rotatable bonds is 9. The topological polar surface area (TPSA) is 70.7 Å². The number of hydrogen-bond acceptors (Lipinski definition) is 4. The average molecular weight is 355 g/mol. The van der Waals surface area contributed by atoms with Crippen molar-refractivity contribution in [3.63, 3.8) is 0 Å². The SMILES string of the molecule is COCCNC(=O)CNc1cccc(C(=O)N(C)Cc2ccccc2)c1. The molecular formula is C20H25N3O3. The molecular weight excluding hydrogens is 330 g/mol. The Morgan fingerprint density at radius 1 is 1.08 bits per heavy atom. The Kier molecular flexibility index (Phi) is 7.64. The van der Waals surface area contributed by atoms with Gasteiger partial charge < -0.3 is 20.3 Å². The van der Waals surface area contributed by atoms with Gasteiger partial charge in [0.05, 0.1) is 13.2 Å². The van der Waals surface area contributed by atoms with Gasteiger partial charge in [-0.15, -0.1) is 0 Å². The molecule has 0 unspecified atom stereocenters. The first kappa shape index (κ1) is 19.5. The van der Waals surface area contributed by atoms with E-state index in [9.17, 15) is 9.59 Å². The van der Waals surface area contributed by atoms with Crippen LogP contribution in [0.1, 0.15) is 15.9 Å². The van der Waals surface area contributed by atoms with E-state index < -0.39 is 0 Å². The van der Waals surface area contributed by atoms with E-state index in [4.69, 9.17) is 4.74 Å². The highest BCUT2D eigenvalue weighted by molar-refractivity contribution is 5.95. The van der Waals surface area contributed by atoms with Crippen LogP contribution >= 0.6 is 0 Å². The maximum Gasteiger partial charge on any atom is 0.253 e. The van der Waals surface area contributed by atoms with Gasteiger partial charge in [-0.05, 0) is 23.8 Å². The normalized spacial score (nSPS) is 10.2. The zero-order valence-corrected chi connectivity index (χ0v) is 15.2. The van der Waals surface area contributed by atoms with Gasteiger partial charge in [-0.3, -0.25) is 9.59 Å². The Morgan fingerprint density at radius 3 is 2.58 bits per heavy atom. The number of methoxy groups -OCH3 is 1. The Morgan fingerprint density at radius 2 is 1.85 bits per heavy atom. The molecule has 0 aromatic heterocycles. The minimum absolute atomic E-state index is 0.0675. The number of amides is 2. The Bertz CT molecular complexity index is 719. The van der Waals surface area contributed by atoms with Crippen LogP contribution < -0.4 is 10.6 Å². The second-order valence-corrected chi connectivity index (χ2v) is 5.92. The summed E-state index contributed by atoms with van der Waals surface area (Å²) in [6.45, 7) is 1.63. The van der Waals surface area contributed by atoms with E-state index in [1.54, 1.807) is 37.3 Å². The van der Waals surface area contributed by atoms with Crippen LogP contribution in [0.5, 0.6) is 0 Å². The maximum absolute atomic E-state index is 12.6. The second-order valence-electron chi connectivity index (χ2n) is 5.92. The molecule has 0 heterocycles. The number of ether oxygens (including phenoxy) is 1. The highest BCUT2D eigenvalue weighted by Gasteiger charge is 2.12. The van der Waals surface area contributed by atoms with Crippen molar-refractivity contribution in [3.05, 3.63) is 65.7 Å². The summed E-state index contributed by atoms with van der Waals surface area (Å²) in [6, 6.07) is 17.0. The molecule has 0 aliphatic carbocycles. The van der Waals surface area contributed by atoms with Gasteiger partial charge in [0.15, 0.2) is 0 Å². The molecule has 26 heavy (non-hydrogen) atoms. The van der Waals surface area contributed by atoms with Crippen molar-refractivity contribution in [3.8, 4) is 0 Å². The monoisotopic (exact) mass is 355 g/mol. The highest BCUT2D eigenvalue weighted by Crippen LogP contribution is 2.13. The second kappa shape index (κ2) is 10.2. The van der Waals surface area contributed by atoms with Crippen LogP contribution in [0.25, 0.3) is 0 Å². The summed E-state index contributed by atoms with van der Waals surface area (Å²) in [4.78, 5) is 26.0. The molecule has 2 aromatic rings. The minimum Gasteiger partial charge on any atom is -0.383 e. The summed E-state index contributed by atoms with van der Waals surface area (Å²) in [5.41, 5.74) is 2.38. The number of nitrogens with one attached hydrogen (secondary N) is 2. The predicted octanol–water partition coefficient (Wildman–Crippen LogP) is 2.13. The number of anilines is 1. The van der Waals surface area contributed by atoms with Crippen LogP contribution in [0.4, 0.5) is 5.69 Å². The smallest absolute Gasteiger partial charge is 0.253 e. The molecule has 0 saturated carbocycles. The third kappa shape index (κ3) is 6.22.